The Morgan fingerprint density at radius 1 is 0.833 bits per heavy atom. The van der Waals surface area contributed by atoms with Gasteiger partial charge in [-0.05, 0) is 68.0 Å². The second kappa shape index (κ2) is 9.50. The third-order valence-electron chi connectivity index (χ3n) is 5.81. The first kappa shape index (κ1) is 21.3. The molecule has 0 unspecified atom stereocenters. The fraction of sp³-hybridized carbons (Fsp3) is 0.435. The standard InChI is InChI=1S/C23H28ClN3O2S/c24-20-9-7-19(8-10-20)18-25-21-11-12-22(26-13-3-1-4-14-26)23(17-21)30(28,29)27-15-5-2-6-16-27/h7-12,17-18H,1-6,13-16H2. The van der Waals surface area contributed by atoms with E-state index in [2.05, 4.69) is 9.89 Å². The first-order valence-corrected chi connectivity index (χ1v) is 12.5. The van der Waals surface area contributed by atoms with Gasteiger partial charge < -0.3 is 4.90 Å². The van der Waals surface area contributed by atoms with Crippen LogP contribution in [-0.4, -0.2) is 45.1 Å². The van der Waals surface area contributed by atoms with E-state index in [-0.39, 0.29) is 0 Å². The minimum Gasteiger partial charge on any atom is -0.370 e. The minimum atomic E-state index is -3.55. The Hall–Kier alpha value is -1.89. The summed E-state index contributed by atoms with van der Waals surface area (Å²) in [5.41, 5.74) is 2.37. The molecule has 0 aliphatic carbocycles. The molecule has 7 heteroatoms. The predicted octanol–water partition coefficient (Wildman–Crippen LogP) is 5.26. The lowest BCUT2D eigenvalue weighted by Gasteiger charge is -2.32. The van der Waals surface area contributed by atoms with Crippen molar-refractivity contribution in [2.75, 3.05) is 31.1 Å². The Labute approximate surface area is 184 Å². The monoisotopic (exact) mass is 445 g/mol. The lowest BCUT2D eigenvalue weighted by atomic mass is 10.1. The van der Waals surface area contributed by atoms with Crippen molar-refractivity contribution in [1.82, 2.24) is 4.31 Å². The van der Waals surface area contributed by atoms with E-state index in [4.69, 9.17) is 11.6 Å². The number of rotatable bonds is 5. The Morgan fingerprint density at radius 2 is 1.47 bits per heavy atom. The van der Waals surface area contributed by atoms with Crippen LogP contribution in [0.1, 0.15) is 44.1 Å². The summed E-state index contributed by atoms with van der Waals surface area (Å²) >= 11 is 5.94. The van der Waals surface area contributed by atoms with Crippen molar-refractivity contribution in [3.8, 4) is 0 Å². The van der Waals surface area contributed by atoms with E-state index < -0.39 is 10.0 Å². The molecule has 0 aromatic heterocycles. The average Bonchev–Trinajstić information content (AvgIpc) is 2.80. The van der Waals surface area contributed by atoms with Crippen LogP contribution in [-0.2, 0) is 10.0 Å². The molecule has 0 atom stereocenters. The number of aliphatic imine (C=N–C) groups is 1. The first-order valence-electron chi connectivity index (χ1n) is 10.7. The second-order valence-electron chi connectivity index (χ2n) is 7.97. The highest BCUT2D eigenvalue weighted by Gasteiger charge is 2.30. The maximum atomic E-state index is 13.5. The number of benzene rings is 2. The van der Waals surface area contributed by atoms with Crippen LogP contribution in [0.25, 0.3) is 0 Å². The molecule has 160 valence electrons. The van der Waals surface area contributed by atoms with Crippen molar-refractivity contribution < 1.29 is 8.42 Å². The van der Waals surface area contributed by atoms with Gasteiger partial charge in [-0.3, -0.25) is 4.99 Å². The largest absolute Gasteiger partial charge is 0.370 e. The summed E-state index contributed by atoms with van der Waals surface area (Å²) in [4.78, 5) is 7.14. The summed E-state index contributed by atoms with van der Waals surface area (Å²) in [6.45, 7) is 2.99. The molecule has 2 heterocycles. The highest BCUT2D eigenvalue weighted by atomic mass is 35.5. The van der Waals surface area contributed by atoms with E-state index in [1.165, 1.54) is 6.42 Å². The molecule has 0 radical (unpaired) electrons. The lowest BCUT2D eigenvalue weighted by Crippen LogP contribution is -2.37. The molecule has 2 aromatic carbocycles. The molecule has 30 heavy (non-hydrogen) atoms. The zero-order valence-corrected chi connectivity index (χ0v) is 18.7. The van der Waals surface area contributed by atoms with Crippen LogP contribution in [0.3, 0.4) is 0 Å². The van der Waals surface area contributed by atoms with Crippen LogP contribution >= 0.6 is 11.6 Å². The Balaban J connectivity index is 1.69. The fourth-order valence-corrected chi connectivity index (χ4v) is 6.00. The first-order chi connectivity index (χ1) is 14.5. The van der Waals surface area contributed by atoms with Gasteiger partial charge >= 0.3 is 0 Å². The second-order valence-corrected chi connectivity index (χ2v) is 10.3. The number of anilines is 1. The Morgan fingerprint density at radius 3 is 2.13 bits per heavy atom. The predicted molar refractivity (Wildman–Crippen MR) is 124 cm³/mol. The summed E-state index contributed by atoms with van der Waals surface area (Å²) in [7, 11) is -3.55. The van der Waals surface area contributed by atoms with Gasteiger partial charge in [0, 0.05) is 37.4 Å². The third-order valence-corrected chi connectivity index (χ3v) is 7.99. The number of hydrogen-bond donors (Lipinski definition) is 0. The van der Waals surface area contributed by atoms with Crippen molar-refractivity contribution in [3.63, 3.8) is 0 Å². The fourth-order valence-electron chi connectivity index (χ4n) is 4.13. The molecule has 4 rings (SSSR count). The third kappa shape index (κ3) is 4.88. The molecule has 0 saturated carbocycles. The van der Waals surface area contributed by atoms with Gasteiger partial charge in [-0.2, -0.15) is 4.31 Å². The molecular weight excluding hydrogens is 418 g/mol. The summed E-state index contributed by atoms with van der Waals surface area (Å²) < 4.78 is 28.7. The molecule has 2 fully saturated rings. The topological polar surface area (TPSA) is 53.0 Å². The van der Waals surface area contributed by atoms with Crippen molar-refractivity contribution in [2.45, 2.75) is 43.4 Å². The van der Waals surface area contributed by atoms with Gasteiger partial charge in [0.1, 0.15) is 4.90 Å². The number of piperidine rings is 2. The summed E-state index contributed by atoms with van der Waals surface area (Å²) in [6, 6.07) is 13.0. The van der Waals surface area contributed by atoms with Gasteiger partial charge in [0.15, 0.2) is 0 Å². The number of hydrogen-bond acceptors (Lipinski definition) is 4. The maximum Gasteiger partial charge on any atom is 0.245 e. The van der Waals surface area contributed by atoms with Crippen molar-refractivity contribution in [3.05, 3.63) is 53.1 Å². The van der Waals surface area contributed by atoms with Crippen LogP contribution in [0.2, 0.25) is 5.02 Å². The molecule has 0 amide bonds. The van der Waals surface area contributed by atoms with Crippen LogP contribution < -0.4 is 4.90 Å². The lowest BCUT2D eigenvalue weighted by molar-refractivity contribution is 0.346. The van der Waals surface area contributed by atoms with Gasteiger partial charge in [-0.15, -0.1) is 0 Å². The summed E-state index contributed by atoms with van der Waals surface area (Å²) in [5, 5.41) is 0.674. The Bertz CT molecular complexity index is 994. The van der Waals surface area contributed by atoms with E-state index in [0.717, 1.165) is 56.4 Å². The summed E-state index contributed by atoms with van der Waals surface area (Å²) in [6.07, 6.45) is 8.08. The quantitative estimate of drug-likeness (QED) is 0.590. The zero-order valence-electron chi connectivity index (χ0n) is 17.1. The van der Waals surface area contributed by atoms with Crippen molar-refractivity contribution in [2.24, 2.45) is 4.99 Å². The molecular formula is C23H28ClN3O2S. The van der Waals surface area contributed by atoms with Gasteiger partial charge in [-0.25, -0.2) is 8.42 Å². The minimum absolute atomic E-state index is 0.386. The smallest absolute Gasteiger partial charge is 0.245 e. The molecule has 5 nitrogen and oxygen atoms in total. The zero-order chi connectivity index (χ0) is 21.0. The average molecular weight is 446 g/mol. The van der Waals surface area contributed by atoms with Crippen molar-refractivity contribution in [1.29, 1.82) is 0 Å². The SMILES string of the molecule is O=S(=O)(c1cc(N=Cc2ccc(Cl)cc2)ccc1N1CCCCC1)N1CCCCC1. The molecule has 2 saturated heterocycles. The molecule has 2 aliphatic rings. The normalized spacial score (nSPS) is 18.8. The molecule has 2 aliphatic heterocycles. The van der Waals surface area contributed by atoms with Gasteiger partial charge in [0.05, 0.1) is 11.4 Å². The van der Waals surface area contributed by atoms with Crippen LogP contribution in [0.5, 0.6) is 0 Å². The highest BCUT2D eigenvalue weighted by molar-refractivity contribution is 7.89. The van der Waals surface area contributed by atoms with Crippen LogP contribution in [0.4, 0.5) is 11.4 Å². The van der Waals surface area contributed by atoms with Gasteiger partial charge in [-0.1, -0.05) is 30.2 Å². The Kier molecular flexibility index (Phi) is 6.76. The highest BCUT2D eigenvalue weighted by Crippen LogP contribution is 2.34. The molecule has 2 aromatic rings. The van der Waals surface area contributed by atoms with Crippen LogP contribution in [0.15, 0.2) is 52.4 Å². The van der Waals surface area contributed by atoms with E-state index in [0.29, 0.717) is 28.7 Å². The van der Waals surface area contributed by atoms with Crippen molar-refractivity contribution >= 4 is 39.2 Å². The molecule has 0 N–H and O–H groups in total. The van der Waals surface area contributed by atoms with Crippen LogP contribution in [0, 0.1) is 0 Å². The number of sulfonamides is 1. The number of nitrogens with zero attached hydrogens (tertiary/aromatic N) is 3. The van der Waals surface area contributed by atoms with E-state index in [9.17, 15) is 8.42 Å². The van der Waals surface area contributed by atoms with Gasteiger partial charge in [0.2, 0.25) is 10.0 Å². The number of halogens is 1. The molecule has 0 bridgehead atoms. The molecule has 0 spiro atoms. The van der Waals surface area contributed by atoms with E-state index in [1.54, 1.807) is 16.6 Å². The van der Waals surface area contributed by atoms with E-state index >= 15 is 0 Å². The summed E-state index contributed by atoms with van der Waals surface area (Å²) in [5.74, 6) is 0. The van der Waals surface area contributed by atoms with E-state index in [1.807, 2.05) is 36.4 Å². The van der Waals surface area contributed by atoms with Gasteiger partial charge in [0.25, 0.3) is 0 Å². The maximum absolute atomic E-state index is 13.5.